The maximum Gasteiger partial charge on any atom is 0.0688 e. The summed E-state index contributed by atoms with van der Waals surface area (Å²) in [4.78, 5) is 0. The lowest BCUT2D eigenvalue weighted by atomic mass is 10.1. The molecular weight excluding hydrogens is 418 g/mol. The van der Waals surface area contributed by atoms with Crippen LogP contribution in [0.5, 0.6) is 0 Å². The average Bonchev–Trinajstić information content (AvgIpc) is 2.92. The fourth-order valence-electron chi connectivity index (χ4n) is 2.13. The summed E-state index contributed by atoms with van der Waals surface area (Å²) in [6.07, 6.45) is 3.87. The van der Waals surface area contributed by atoms with E-state index in [2.05, 4.69) is 39.8 Å². The van der Waals surface area contributed by atoms with Gasteiger partial charge in [-0.2, -0.15) is 5.10 Å². The molecule has 5 heteroatoms. The Bertz CT molecular complexity index is 763. The Kier molecular flexibility index (Phi) is 4.52. The van der Waals surface area contributed by atoms with Crippen LogP contribution in [0.1, 0.15) is 5.56 Å². The van der Waals surface area contributed by atoms with Crippen molar-refractivity contribution < 1.29 is 0 Å². The minimum Gasteiger partial charge on any atom is -0.268 e. The van der Waals surface area contributed by atoms with Gasteiger partial charge in [-0.25, -0.2) is 0 Å². The van der Waals surface area contributed by atoms with Gasteiger partial charge in [-0.1, -0.05) is 47.5 Å². The zero-order chi connectivity index (χ0) is 14.8. The molecule has 0 aliphatic carbocycles. The molecule has 2 aromatic carbocycles. The van der Waals surface area contributed by atoms with Crippen LogP contribution >= 0.6 is 45.8 Å². The van der Waals surface area contributed by atoms with E-state index in [-0.39, 0.29) is 0 Å². The third-order valence-corrected chi connectivity index (χ3v) is 4.85. The third-order valence-electron chi connectivity index (χ3n) is 3.20. The van der Waals surface area contributed by atoms with Gasteiger partial charge in [0, 0.05) is 30.9 Å². The molecule has 1 aromatic heterocycles. The lowest BCUT2D eigenvalue weighted by Crippen LogP contribution is -2.01. The molecule has 0 spiro atoms. The van der Waals surface area contributed by atoms with E-state index in [0.717, 1.165) is 11.1 Å². The second kappa shape index (κ2) is 6.38. The Morgan fingerprint density at radius 3 is 2.43 bits per heavy atom. The Balaban J connectivity index is 1.91. The van der Waals surface area contributed by atoms with Crippen molar-refractivity contribution in [2.24, 2.45) is 0 Å². The topological polar surface area (TPSA) is 17.8 Å². The molecule has 0 amide bonds. The van der Waals surface area contributed by atoms with E-state index in [9.17, 15) is 0 Å². The van der Waals surface area contributed by atoms with E-state index in [1.807, 2.05) is 47.4 Å². The van der Waals surface area contributed by atoms with Crippen LogP contribution in [0.15, 0.2) is 54.9 Å². The Labute approximate surface area is 146 Å². The first kappa shape index (κ1) is 14.9. The first-order chi connectivity index (χ1) is 10.1. The molecule has 0 aliphatic heterocycles. The van der Waals surface area contributed by atoms with Crippen LogP contribution in [0, 0.1) is 3.57 Å². The average molecular weight is 429 g/mol. The quantitative estimate of drug-likeness (QED) is 0.503. The molecule has 3 rings (SSSR count). The molecule has 2 nitrogen and oxygen atoms in total. The SMILES string of the molecule is Clc1cccc(Cl)c1Cn1cc(-c2ccccc2I)cn1. The van der Waals surface area contributed by atoms with Crippen LogP contribution in [0.2, 0.25) is 10.0 Å². The maximum absolute atomic E-state index is 6.20. The molecule has 21 heavy (non-hydrogen) atoms. The molecule has 0 saturated heterocycles. The molecule has 0 unspecified atom stereocenters. The zero-order valence-electron chi connectivity index (χ0n) is 10.9. The van der Waals surface area contributed by atoms with Crippen LogP contribution in [-0.2, 0) is 6.54 Å². The number of hydrogen-bond acceptors (Lipinski definition) is 1. The van der Waals surface area contributed by atoms with Crippen LogP contribution in [0.25, 0.3) is 11.1 Å². The third kappa shape index (κ3) is 3.25. The first-order valence-electron chi connectivity index (χ1n) is 6.35. The van der Waals surface area contributed by atoms with Crippen molar-refractivity contribution in [1.29, 1.82) is 0 Å². The summed E-state index contributed by atoms with van der Waals surface area (Å²) >= 11 is 14.7. The summed E-state index contributed by atoms with van der Waals surface area (Å²) in [5.74, 6) is 0. The molecule has 106 valence electrons. The number of halogens is 3. The van der Waals surface area contributed by atoms with Gasteiger partial charge in [-0.15, -0.1) is 0 Å². The second-order valence-electron chi connectivity index (χ2n) is 4.61. The highest BCUT2D eigenvalue weighted by atomic mass is 127. The van der Waals surface area contributed by atoms with Gasteiger partial charge in [0.2, 0.25) is 0 Å². The van der Waals surface area contributed by atoms with Gasteiger partial charge in [0.1, 0.15) is 0 Å². The van der Waals surface area contributed by atoms with Crippen LogP contribution in [0.4, 0.5) is 0 Å². The normalized spacial score (nSPS) is 10.8. The molecule has 0 N–H and O–H groups in total. The van der Waals surface area contributed by atoms with E-state index >= 15 is 0 Å². The minimum atomic E-state index is 0.557. The zero-order valence-corrected chi connectivity index (χ0v) is 14.6. The maximum atomic E-state index is 6.20. The number of aromatic nitrogens is 2. The largest absolute Gasteiger partial charge is 0.268 e. The van der Waals surface area contributed by atoms with E-state index in [0.29, 0.717) is 16.6 Å². The van der Waals surface area contributed by atoms with E-state index in [4.69, 9.17) is 23.2 Å². The first-order valence-corrected chi connectivity index (χ1v) is 8.19. The highest BCUT2D eigenvalue weighted by Crippen LogP contribution is 2.27. The molecule has 3 aromatic rings. The Hall–Kier alpha value is -1.04. The van der Waals surface area contributed by atoms with Crippen molar-refractivity contribution in [2.45, 2.75) is 6.54 Å². The Morgan fingerprint density at radius 2 is 1.71 bits per heavy atom. The van der Waals surface area contributed by atoms with Crippen LogP contribution in [-0.4, -0.2) is 9.78 Å². The molecule has 0 bridgehead atoms. The van der Waals surface area contributed by atoms with Gasteiger partial charge < -0.3 is 0 Å². The van der Waals surface area contributed by atoms with Crippen molar-refractivity contribution in [3.8, 4) is 11.1 Å². The van der Waals surface area contributed by atoms with Crippen LogP contribution < -0.4 is 0 Å². The number of rotatable bonds is 3. The van der Waals surface area contributed by atoms with E-state index < -0.39 is 0 Å². The summed E-state index contributed by atoms with van der Waals surface area (Å²) < 4.78 is 3.05. The summed E-state index contributed by atoms with van der Waals surface area (Å²) in [6, 6.07) is 13.7. The fourth-order valence-corrected chi connectivity index (χ4v) is 3.35. The van der Waals surface area contributed by atoms with Gasteiger partial charge in [-0.05, 0) is 46.4 Å². The van der Waals surface area contributed by atoms with Crippen LogP contribution in [0.3, 0.4) is 0 Å². The lowest BCUT2D eigenvalue weighted by molar-refractivity contribution is 0.687. The van der Waals surface area contributed by atoms with Crippen molar-refractivity contribution in [2.75, 3.05) is 0 Å². The smallest absolute Gasteiger partial charge is 0.0688 e. The minimum absolute atomic E-state index is 0.557. The number of benzene rings is 2. The summed E-state index contributed by atoms with van der Waals surface area (Å²) in [6.45, 7) is 0.557. The number of nitrogens with zero attached hydrogens (tertiary/aromatic N) is 2. The summed E-state index contributed by atoms with van der Waals surface area (Å²) in [5, 5.41) is 5.73. The predicted octanol–water partition coefficient (Wildman–Crippen LogP) is 5.51. The van der Waals surface area contributed by atoms with Gasteiger partial charge in [0.15, 0.2) is 0 Å². The molecule has 0 atom stereocenters. The second-order valence-corrected chi connectivity index (χ2v) is 6.58. The van der Waals surface area contributed by atoms with Gasteiger partial charge >= 0.3 is 0 Å². The highest BCUT2D eigenvalue weighted by molar-refractivity contribution is 14.1. The molecule has 0 aliphatic rings. The van der Waals surface area contributed by atoms with E-state index in [1.165, 1.54) is 9.13 Å². The molecule has 0 radical (unpaired) electrons. The summed E-state index contributed by atoms with van der Waals surface area (Å²) in [5.41, 5.74) is 3.15. The van der Waals surface area contributed by atoms with Gasteiger partial charge in [0.05, 0.1) is 12.7 Å². The summed E-state index contributed by atoms with van der Waals surface area (Å²) in [7, 11) is 0. The lowest BCUT2D eigenvalue weighted by Gasteiger charge is -2.06. The van der Waals surface area contributed by atoms with E-state index in [1.54, 1.807) is 0 Å². The highest BCUT2D eigenvalue weighted by Gasteiger charge is 2.09. The van der Waals surface area contributed by atoms with Crippen molar-refractivity contribution in [3.05, 3.63) is 74.0 Å². The van der Waals surface area contributed by atoms with Gasteiger partial charge in [-0.3, -0.25) is 4.68 Å². The predicted molar refractivity (Wildman–Crippen MR) is 95.9 cm³/mol. The Morgan fingerprint density at radius 1 is 1.00 bits per heavy atom. The molecule has 0 saturated carbocycles. The molecule has 1 heterocycles. The monoisotopic (exact) mass is 428 g/mol. The van der Waals surface area contributed by atoms with Crippen molar-refractivity contribution in [1.82, 2.24) is 9.78 Å². The fraction of sp³-hybridized carbons (Fsp3) is 0.0625. The standard InChI is InChI=1S/C16H11Cl2IN2/c17-14-5-3-6-15(18)13(14)10-21-9-11(8-20-21)12-4-1-2-7-16(12)19/h1-9H,10H2. The van der Waals surface area contributed by atoms with Crippen molar-refractivity contribution in [3.63, 3.8) is 0 Å². The molecular formula is C16H11Cl2IN2. The van der Waals surface area contributed by atoms with Gasteiger partial charge in [0.25, 0.3) is 0 Å². The number of hydrogen-bond donors (Lipinski definition) is 0. The van der Waals surface area contributed by atoms with Crippen molar-refractivity contribution >= 4 is 45.8 Å². The molecule has 0 fully saturated rings.